The molecule has 1 heterocycles. The number of hydrogen-bond donors (Lipinski definition) is 3. The van der Waals surface area contributed by atoms with Gasteiger partial charge in [-0.2, -0.15) is 4.98 Å². The van der Waals surface area contributed by atoms with Crippen molar-refractivity contribution in [2.75, 3.05) is 5.32 Å². The molecule has 0 aliphatic rings. The van der Waals surface area contributed by atoms with E-state index in [9.17, 15) is 14.0 Å². The van der Waals surface area contributed by atoms with Crippen LogP contribution in [0.1, 0.15) is 37.0 Å². The predicted molar refractivity (Wildman–Crippen MR) is 114 cm³/mol. The van der Waals surface area contributed by atoms with Crippen molar-refractivity contribution in [3.8, 4) is 11.5 Å². The van der Waals surface area contributed by atoms with Gasteiger partial charge in [0.1, 0.15) is 5.82 Å². The van der Waals surface area contributed by atoms with Crippen LogP contribution in [-0.2, 0) is 6.54 Å². The highest BCUT2D eigenvalue weighted by Crippen LogP contribution is 2.24. The van der Waals surface area contributed by atoms with Crippen LogP contribution in [0, 0.1) is 5.82 Å². The number of amides is 3. The lowest BCUT2D eigenvalue weighted by Gasteiger charge is -2.21. The van der Waals surface area contributed by atoms with Gasteiger partial charge in [0.2, 0.25) is 0 Å². The van der Waals surface area contributed by atoms with Gasteiger partial charge in [-0.25, -0.2) is 9.18 Å². The molecule has 3 rings (SSSR count). The first kappa shape index (κ1) is 22.2. The van der Waals surface area contributed by atoms with Crippen molar-refractivity contribution in [2.24, 2.45) is 0 Å². The zero-order valence-corrected chi connectivity index (χ0v) is 17.9. The minimum absolute atomic E-state index is 0.0319. The number of halogens is 2. The van der Waals surface area contributed by atoms with Gasteiger partial charge in [-0.3, -0.25) is 4.79 Å². The molecule has 10 heteroatoms. The van der Waals surface area contributed by atoms with Gasteiger partial charge in [-0.05, 0) is 51.1 Å². The van der Waals surface area contributed by atoms with Crippen LogP contribution < -0.4 is 16.0 Å². The standard InChI is InChI=1S/C21H21ClFN5O3/c1-21(2,3)27-18(29)14-6-4-5-7-16(14)25-20(30)24-11-17-26-19(31-28-17)13-9-8-12(22)10-15(13)23/h4-10H,11H2,1-3H3,(H,27,29)(H2,24,25,30). The van der Waals surface area contributed by atoms with Crippen LogP contribution in [0.5, 0.6) is 0 Å². The Bertz CT molecular complexity index is 1110. The van der Waals surface area contributed by atoms with E-state index in [2.05, 4.69) is 26.1 Å². The van der Waals surface area contributed by atoms with E-state index in [0.717, 1.165) is 6.07 Å². The first-order valence-corrected chi connectivity index (χ1v) is 9.74. The predicted octanol–water partition coefficient (Wildman–Crippen LogP) is 4.38. The second kappa shape index (κ2) is 9.13. The fourth-order valence-corrected chi connectivity index (χ4v) is 2.78. The van der Waals surface area contributed by atoms with Gasteiger partial charge < -0.3 is 20.5 Å². The number of aromatic nitrogens is 2. The molecule has 0 atom stereocenters. The fourth-order valence-electron chi connectivity index (χ4n) is 2.62. The average molecular weight is 446 g/mol. The van der Waals surface area contributed by atoms with E-state index < -0.39 is 17.4 Å². The Morgan fingerprint density at radius 1 is 1.16 bits per heavy atom. The number of hydrogen-bond acceptors (Lipinski definition) is 5. The first-order valence-electron chi connectivity index (χ1n) is 9.37. The molecular formula is C21H21ClFN5O3. The second-order valence-electron chi connectivity index (χ2n) is 7.70. The Labute approximate surface area is 183 Å². The third-order valence-electron chi connectivity index (χ3n) is 3.95. The fraction of sp³-hybridized carbons (Fsp3) is 0.238. The minimum Gasteiger partial charge on any atom is -0.347 e. The highest BCUT2D eigenvalue weighted by atomic mass is 35.5. The van der Waals surface area contributed by atoms with Crippen molar-refractivity contribution in [1.29, 1.82) is 0 Å². The Kier molecular flexibility index (Phi) is 6.55. The number of para-hydroxylation sites is 1. The Morgan fingerprint density at radius 2 is 1.90 bits per heavy atom. The number of anilines is 1. The summed E-state index contributed by atoms with van der Waals surface area (Å²) >= 11 is 5.74. The molecule has 0 fully saturated rings. The van der Waals surface area contributed by atoms with Crippen LogP contribution in [-0.4, -0.2) is 27.6 Å². The zero-order valence-electron chi connectivity index (χ0n) is 17.1. The number of urea groups is 1. The molecule has 3 aromatic rings. The molecule has 0 saturated carbocycles. The van der Waals surface area contributed by atoms with E-state index in [-0.39, 0.29) is 34.8 Å². The third kappa shape index (κ3) is 6.02. The average Bonchev–Trinajstić information content (AvgIpc) is 3.14. The molecular weight excluding hydrogens is 425 g/mol. The summed E-state index contributed by atoms with van der Waals surface area (Å²) in [6, 6.07) is 10.1. The summed E-state index contributed by atoms with van der Waals surface area (Å²) in [4.78, 5) is 28.8. The number of rotatable bonds is 5. The lowest BCUT2D eigenvalue weighted by molar-refractivity contribution is 0.0920. The summed E-state index contributed by atoms with van der Waals surface area (Å²) in [5.41, 5.74) is 0.351. The van der Waals surface area contributed by atoms with Crippen LogP contribution in [0.2, 0.25) is 5.02 Å². The third-order valence-corrected chi connectivity index (χ3v) is 4.18. The molecule has 0 aliphatic heterocycles. The normalized spacial score (nSPS) is 11.1. The van der Waals surface area contributed by atoms with Crippen LogP contribution >= 0.6 is 11.6 Å². The van der Waals surface area contributed by atoms with Crippen molar-refractivity contribution in [1.82, 2.24) is 20.8 Å². The number of carbonyl (C=O) groups is 2. The van der Waals surface area contributed by atoms with E-state index in [0.29, 0.717) is 11.3 Å². The molecule has 0 saturated heterocycles. The largest absolute Gasteiger partial charge is 0.347 e. The molecule has 3 amide bonds. The Morgan fingerprint density at radius 3 is 2.61 bits per heavy atom. The van der Waals surface area contributed by atoms with Crippen molar-refractivity contribution in [2.45, 2.75) is 32.9 Å². The molecule has 31 heavy (non-hydrogen) atoms. The van der Waals surface area contributed by atoms with E-state index in [1.165, 1.54) is 12.1 Å². The second-order valence-corrected chi connectivity index (χ2v) is 8.13. The summed E-state index contributed by atoms with van der Waals surface area (Å²) in [6.07, 6.45) is 0. The molecule has 162 valence electrons. The lowest BCUT2D eigenvalue weighted by Crippen LogP contribution is -2.41. The maximum Gasteiger partial charge on any atom is 0.319 e. The number of carbonyl (C=O) groups excluding carboxylic acids is 2. The Hall–Kier alpha value is -3.46. The monoisotopic (exact) mass is 445 g/mol. The highest BCUT2D eigenvalue weighted by molar-refractivity contribution is 6.30. The first-order chi connectivity index (χ1) is 14.6. The van der Waals surface area contributed by atoms with E-state index in [4.69, 9.17) is 16.1 Å². The van der Waals surface area contributed by atoms with Crippen LogP contribution in [0.4, 0.5) is 14.9 Å². The molecule has 3 N–H and O–H groups in total. The van der Waals surface area contributed by atoms with Gasteiger partial charge in [0, 0.05) is 10.6 Å². The van der Waals surface area contributed by atoms with Gasteiger partial charge >= 0.3 is 6.03 Å². The van der Waals surface area contributed by atoms with Crippen LogP contribution in [0.3, 0.4) is 0 Å². The summed E-state index contributed by atoms with van der Waals surface area (Å²) in [6.45, 7) is 5.52. The minimum atomic E-state index is -0.599. The van der Waals surface area contributed by atoms with Crippen molar-refractivity contribution >= 4 is 29.2 Å². The molecule has 0 radical (unpaired) electrons. The maximum atomic E-state index is 14.0. The number of benzene rings is 2. The SMILES string of the molecule is CC(C)(C)NC(=O)c1ccccc1NC(=O)NCc1noc(-c2ccc(Cl)cc2F)n1. The molecule has 0 aliphatic carbocycles. The van der Waals surface area contributed by atoms with E-state index in [1.807, 2.05) is 20.8 Å². The smallest absolute Gasteiger partial charge is 0.319 e. The van der Waals surface area contributed by atoms with Gasteiger partial charge in [-0.1, -0.05) is 28.9 Å². The molecule has 2 aromatic carbocycles. The highest BCUT2D eigenvalue weighted by Gasteiger charge is 2.19. The van der Waals surface area contributed by atoms with Gasteiger partial charge in [0.15, 0.2) is 5.82 Å². The quantitative estimate of drug-likeness (QED) is 0.540. The van der Waals surface area contributed by atoms with E-state index in [1.54, 1.807) is 24.3 Å². The summed E-state index contributed by atoms with van der Waals surface area (Å²) in [5.74, 6) is -0.788. The molecule has 1 aromatic heterocycles. The van der Waals surface area contributed by atoms with Crippen molar-refractivity contribution in [3.05, 3.63) is 64.7 Å². The maximum absolute atomic E-state index is 14.0. The van der Waals surface area contributed by atoms with Crippen molar-refractivity contribution < 1.29 is 18.5 Å². The lowest BCUT2D eigenvalue weighted by atomic mass is 10.1. The summed E-state index contributed by atoms with van der Waals surface area (Å²) in [5, 5.41) is 12.0. The number of nitrogens with zero attached hydrogens (tertiary/aromatic N) is 2. The van der Waals surface area contributed by atoms with E-state index >= 15 is 0 Å². The van der Waals surface area contributed by atoms with Crippen molar-refractivity contribution in [3.63, 3.8) is 0 Å². The topological polar surface area (TPSA) is 109 Å². The summed E-state index contributed by atoms with van der Waals surface area (Å²) in [7, 11) is 0. The van der Waals surface area contributed by atoms with Gasteiger partial charge in [0.25, 0.3) is 11.8 Å². The zero-order chi connectivity index (χ0) is 22.6. The van der Waals surface area contributed by atoms with Crippen LogP contribution in [0.15, 0.2) is 47.0 Å². The molecule has 0 unspecified atom stereocenters. The summed E-state index contributed by atoms with van der Waals surface area (Å²) < 4.78 is 19.0. The van der Waals surface area contributed by atoms with Gasteiger partial charge in [-0.15, -0.1) is 0 Å². The molecule has 0 spiro atoms. The number of nitrogens with one attached hydrogen (secondary N) is 3. The van der Waals surface area contributed by atoms with Crippen LogP contribution in [0.25, 0.3) is 11.5 Å². The molecule has 8 nitrogen and oxygen atoms in total. The molecule has 0 bridgehead atoms. The Balaban J connectivity index is 1.63. The van der Waals surface area contributed by atoms with Gasteiger partial charge in [0.05, 0.1) is 23.4 Å².